The molecule has 7 heteroatoms. The van der Waals surface area contributed by atoms with E-state index in [2.05, 4.69) is 31.3 Å². The molecule has 0 aliphatic carbocycles. The van der Waals surface area contributed by atoms with Crippen molar-refractivity contribution >= 4 is 55.3 Å². The van der Waals surface area contributed by atoms with E-state index < -0.39 is 0 Å². The van der Waals surface area contributed by atoms with E-state index in [-0.39, 0.29) is 5.91 Å². The Balaban J connectivity index is 1.88. The molecule has 0 saturated carbocycles. The number of hydrogen-bond donors (Lipinski definition) is 2. The van der Waals surface area contributed by atoms with Crippen molar-refractivity contribution in [3.8, 4) is 0 Å². The van der Waals surface area contributed by atoms with Crippen LogP contribution in [0.15, 0.2) is 51.5 Å². The monoisotopic (exact) mass is 374 g/mol. The maximum Gasteiger partial charge on any atom is 0.257 e. The summed E-state index contributed by atoms with van der Waals surface area (Å²) in [6.45, 7) is 0. The number of carbonyl (C=O) groups is 1. The number of carbonyl (C=O) groups excluding carboxylic acids is 1. The first-order valence-corrected chi connectivity index (χ1v) is 7.96. The first-order chi connectivity index (χ1) is 10.7. The fourth-order valence-corrected chi connectivity index (χ4v) is 3.15. The summed E-state index contributed by atoms with van der Waals surface area (Å²) in [7, 11) is 0. The van der Waals surface area contributed by atoms with Crippen LogP contribution in [0.1, 0.15) is 15.9 Å². The van der Waals surface area contributed by atoms with Crippen LogP contribution in [0.3, 0.4) is 0 Å². The van der Waals surface area contributed by atoms with Gasteiger partial charge >= 0.3 is 0 Å². The SMILES string of the molecule is NN=Cc1ccc2cc(C(=O)Nc3ncc(Br)s3)ccc2c1. The van der Waals surface area contributed by atoms with Gasteiger partial charge in [0.2, 0.25) is 0 Å². The van der Waals surface area contributed by atoms with Gasteiger partial charge in [-0.15, -0.1) is 0 Å². The van der Waals surface area contributed by atoms with Crippen LogP contribution < -0.4 is 11.2 Å². The van der Waals surface area contributed by atoms with E-state index in [1.54, 1.807) is 18.5 Å². The fraction of sp³-hybridized carbons (Fsp3) is 0. The fourth-order valence-electron chi connectivity index (χ4n) is 2.05. The zero-order valence-corrected chi connectivity index (χ0v) is 13.7. The van der Waals surface area contributed by atoms with Crippen molar-refractivity contribution in [2.45, 2.75) is 0 Å². The highest BCUT2D eigenvalue weighted by Crippen LogP contribution is 2.24. The van der Waals surface area contributed by atoms with E-state index in [0.29, 0.717) is 10.7 Å². The Morgan fingerprint density at radius 3 is 2.77 bits per heavy atom. The van der Waals surface area contributed by atoms with Gasteiger partial charge < -0.3 is 5.84 Å². The van der Waals surface area contributed by atoms with Gasteiger partial charge in [-0.3, -0.25) is 10.1 Å². The quantitative estimate of drug-likeness (QED) is 0.417. The summed E-state index contributed by atoms with van der Waals surface area (Å²) >= 11 is 4.68. The van der Waals surface area contributed by atoms with Crippen molar-refractivity contribution in [2.75, 3.05) is 5.32 Å². The smallest absolute Gasteiger partial charge is 0.257 e. The number of nitrogens with zero attached hydrogens (tertiary/aromatic N) is 2. The predicted octanol–water partition coefficient (Wildman–Crippen LogP) is 3.60. The van der Waals surface area contributed by atoms with E-state index in [1.807, 2.05) is 30.3 Å². The highest BCUT2D eigenvalue weighted by molar-refractivity contribution is 9.11. The summed E-state index contributed by atoms with van der Waals surface area (Å²) in [6.07, 6.45) is 3.24. The van der Waals surface area contributed by atoms with Crippen LogP contribution >= 0.6 is 27.3 Å². The number of thiazole rings is 1. The number of nitrogens with two attached hydrogens (primary N) is 1. The van der Waals surface area contributed by atoms with Gasteiger partial charge in [0.05, 0.1) is 16.2 Å². The largest absolute Gasteiger partial charge is 0.323 e. The molecule has 0 aliphatic heterocycles. The van der Waals surface area contributed by atoms with Crippen molar-refractivity contribution in [1.29, 1.82) is 0 Å². The van der Waals surface area contributed by atoms with Gasteiger partial charge in [0.25, 0.3) is 5.91 Å². The van der Waals surface area contributed by atoms with Gasteiger partial charge in [-0.2, -0.15) is 5.10 Å². The third-order valence-electron chi connectivity index (χ3n) is 3.05. The number of nitrogens with one attached hydrogen (secondary N) is 1. The van der Waals surface area contributed by atoms with E-state index >= 15 is 0 Å². The van der Waals surface area contributed by atoms with Crippen LogP contribution in [-0.4, -0.2) is 17.1 Å². The molecule has 22 heavy (non-hydrogen) atoms. The molecule has 3 rings (SSSR count). The van der Waals surface area contributed by atoms with E-state index in [0.717, 1.165) is 20.1 Å². The molecule has 0 radical (unpaired) electrons. The first kappa shape index (κ1) is 14.7. The van der Waals surface area contributed by atoms with Crippen LogP contribution in [0.4, 0.5) is 5.13 Å². The summed E-state index contributed by atoms with van der Waals surface area (Å²) < 4.78 is 0.871. The lowest BCUT2D eigenvalue weighted by atomic mass is 10.0. The molecule has 0 spiro atoms. The minimum atomic E-state index is -0.184. The van der Waals surface area contributed by atoms with Crippen LogP contribution in [0, 0.1) is 0 Å². The molecule has 1 aromatic heterocycles. The van der Waals surface area contributed by atoms with E-state index in [4.69, 9.17) is 5.84 Å². The third kappa shape index (κ3) is 3.15. The number of amides is 1. The topological polar surface area (TPSA) is 80.4 Å². The Bertz CT molecular complexity index is 875. The summed E-state index contributed by atoms with van der Waals surface area (Å²) in [5.41, 5.74) is 1.50. The predicted molar refractivity (Wildman–Crippen MR) is 93.5 cm³/mol. The van der Waals surface area contributed by atoms with Crippen molar-refractivity contribution in [2.24, 2.45) is 10.9 Å². The lowest BCUT2D eigenvalue weighted by Gasteiger charge is -2.04. The second kappa shape index (κ2) is 6.25. The van der Waals surface area contributed by atoms with E-state index in [1.165, 1.54) is 11.3 Å². The molecule has 5 nitrogen and oxygen atoms in total. The zero-order chi connectivity index (χ0) is 15.5. The standard InChI is InChI=1S/C15H11BrN4OS/c16-13-8-18-15(22-13)20-14(21)12-4-3-10-5-9(7-19-17)1-2-11(10)6-12/h1-8H,17H2,(H,18,20,21). The van der Waals surface area contributed by atoms with Crippen molar-refractivity contribution in [3.63, 3.8) is 0 Å². The maximum atomic E-state index is 12.2. The van der Waals surface area contributed by atoms with Gasteiger partial charge in [-0.05, 0) is 50.5 Å². The Labute approximate surface area is 139 Å². The first-order valence-electron chi connectivity index (χ1n) is 6.35. The van der Waals surface area contributed by atoms with Gasteiger partial charge in [0.1, 0.15) is 0 Å². The summed E-state index contributed by atoms with van der Waals surface area (Å²) in [4.78, 5) is 16.3. The summed E-state index contributed by atoms with van der Waals surface area (Å²) in [5, 5.41) is 8.84. The van der Waals surface area contributed by atoms with Crippen molar-refractivity contribution < 1.29 is 4.79 Å². The average molecular weight is 375 g/mol. The molecule has 3 aromatic rings. The molecule has 0 atom stereocenters. The molecule has 3 N–H and O–H groups in total. The molecule has 0 fully saturated rings. The summed E-state index contributed by atoms with van der Waals surface area (Å²) in [5.74, 6) is 4.97. The third-order valence-corrected chi connectivity index (χ3v) is 4.44. The molecule has 0 saturated heterocycles. The Kier molecular flexibility index (Phi) is 4.17. The number of hydrogen-bond acceptors (Lipinski definition) is 5. The second-order valence-corrected chi connectivity index (χ2v) is 6.93. The van der Waals surface area contributed by atoms with E-state index in [9.17, 15) is 4.79 Å². The normalized spacial score (nSPS) is 11.1. The maximum absolute atomic E-state index is 12.2. The Morgan fingerprint density at radius 2 is 2.05 bits per heavy atom. The molecule has 0 aliphatic rings. The van der Waals surface area contributed by atoms with Gasteiger partial charge in [0, 0.05) is 5.56 Å². The van der Waals surface area contributed by atoms with Gasteiger partial charge in [0.15, 0.2) is 5.13 Å². The lowest BCUT2D eigenvalue weighted by molar-refractivity contribution is 0.102. The average Bonchev–Trinajstić information content (AvgIpc) is 2.92. The van der Waals surface area contributed by atoms with Crippen LogP contribution in [0.5, 0.6) is 0 Å². The molecule has 0 bridgehead atoms. The number of aromatic nitrogens is 1. The van der Waals surface area contributed by atoms with Crippen LogP contribution in [-0.2, 0) is 0 Å². The molecular formula is C15H11BrN4OS. The van der Waals surface area contributed by atoms with Gasteiger partial charge in [-0.25, -0.2) is 4.98 Å². The van der Waals surface area contributed by atoms with Crippen molar-refractivity contribution in [3.05, 3.63) is 57.5 Å². The number of benzene rings is 2. The lowest BCUT2D eigenvalue weighted by Crippen LogP contribution is -2.11. The number of anilines is 1. The molecular weight excluding hydrogens is 364 g/mol. The molecule has 1 amide bonds. The van der Waals surface area contributed by atoms with Crippen molar-refractivity contribution in [1.82, 2.24) is 4.98 Å². The molecule has 1 heterocycles. The zero-order valence-electron chi connectivity index (χ0n) is 11.3. The molecule has 0 unspecified atom stereocenters. The minimum Gasteiger partial charge on any atom is -0.323 e. The van der Waals surface area contributed by atoms with Crippen LogP contribution in [0.2, 0.25) is 0 Å². The minimum absolute atomic E-state index is 0.184. The Morgan fingerprint density at radius 1 is 1.27 bits per heavy atom. The summed E-state index contributed by atoms with van der Waals surface area (Å²) in [6, 6.07) is 11.3. The number of rotatable bonds is 3. The number of hydrazone groups is 1. The second-order valence-electron chi connectivity index (χ2n) is 4.52. The van der Waals surface area contributed by atoms with Gasteiger partial charge in [-0.1, -0.05) is 29.5 Å². The Hall–Kier alpha value is -2.25. The molecule has 110 valence electrons. The highest BCUT2D eigenvalue weighted by atomic mass is 79.9. The number of fused-ring (bicyclic) bond motifs is 1. The number of halogens is 1. The highest BCUT2D eigenvalue weighted by Gasteiger charge is 2.09. The molecule has 2 aromatic carbocycles. The van der Waals surface area contributed by atoms with Crippen LogP contribution in [0.25, 0.3) is 10.8 Å².